The molecule has 3 heterocycles. The Morgan fingerprint density at radius 3 is 2.48 bits per heavy atom. The summed E-state index contributed by atoms with van der Waals surface area (Å²) in [7, 11) is 0. The highest BCUT2D eigenvalue weighted by Crippen LogP contribution is 2.42. The predicted octanol–water partition coefficient (Wildman–Crippen LogP) is 4.50. The molecule has 2 aromatic heterocycles. The van der Waals surface area contributed by atoms with E-state index in [1.54, 1.807) is 42.7 Å². The van der Waals surface area contributed by atoms with Crippen LogP contribution < -0.4 is 4.90 Å². The molecule has 152 valence electrons. The summed E-state index contributed by atoms with van der Waals surface area (Å²) in [5, 5.41) is 12.0. The summed E-state index contributed by atoms with van der Waals surface area (Å²) in [6.45, 7) is 1.95. The maximum Gasteiger partial charge on any atom is 0.300 e. The highest BCUT2D eigenvalue weighted by Gasteiger charge is 2.47. The summed E-state index contributed by atoms with van der Waals surface area (Å²) in [6, 6.07) is 19.3. The molecule has 0 aliphatic carbocycles. The number of amides is 1. The normalized spacial score (nSPS) is 18.1. The van der Waals surface area contributed by atoms with Crippen molar-refractivity contribution in [3.05, 3.63) is 102 Å². The van der Waals surface area contributed by atoms with Crippen LogP contribution in [0.25, 0.3) is 16.7 Å². The molecule has 1 aliphatic rings. The van der Waals surface area contributed by atoms with Crippen LogP contribution in [0.4, 0.5) is 5.69 Å². The van der Waals surface area contributed by atoms with Crippen LogP contribution in [-0.4, -0.2) is 26.8 Å². The van der Waals surface area contributed by atoms with E-state index in [1.807, 2.05) is 43.3 Å². The Morgan fingerprint density at radius 2 is 1.74 bits per heavy atom. The molecule has 6 nitrogen and oxygen atoms in total. The maximum absolute atomic E-state index is 13.2. The topological polar surface area (TPSA) is 86.3 Å². The third kappa shape index (κ3) is 3.00. The predicted molar refractivity (Wildman–Crippen MR) is 118 cm³/mol. The largest absolute Gasteiger partial charge is 0.507 e. The molecular weight excluding hydrogens is 390 g/mol. The van der Waals surface area contributed by atoms with Crippen molar-refractivity contribution in [3.63, 3.8) is 0 Å². The van der Waals surface area contributed by atoms with E-state index in [4.69, 9.17) is 0 Å². The number of carbonyl (C=O) groups excluding carboxylic acids is 2. The van der Waals surface area contributed by atoms with Crippen molar-refractivity contribution >= 4 is 34.0 Å². The van der Waals surface area contributed by atoms with Crippen molar-refractivity contribution in [2.45, 2.75) is 13.0 Å². The Hall–Kier alpha value is -4.19. The minimum atomic E-state index is -0.836. The van der Waals surface area contributed by atoms with Gasteiger partial charge in [-0.15, -0.1) is 0 Å². The molecule has 2 N–H and O–H groups in total. The molecule has 1 aliphatic heterocycles. The van der Waals surface area contributed by atoms with E-state index in [9.17, 15) is 14.7 Å². The Kier molecular flexibility index (Phi) is 4.40. The third-order valence-electron chi connectivity index (χ3n) is 5.57. The number of Topliss-reactive ketones (excluding diaryl/α,β-unsaturated/α-hetero) is 1. The fourth-order valence-electron chi connectivity index (χ4n) is 4.03. The van der Waals surface area contributed by atoms with E-state index in [-0.39, 0.29) is 11.3 Å². The Bertz CT molecular complexity index is 1340. The van der Waals surface area contributed by atoms with Crippen LogP contribution in [0.1, 0.15) is 22.9 Å². The van der Waals surface area contributed by atoms with Gasteiger partial charge >= 0.3 is 0 Å². The number of carbonyl (C=O) groups is 2. The van der Waals surface area contributed by atoms with Gasteiger partial charge in [0.25, 0.3) is 11.7 Å². The number of aryl methyl sites for hydroxylation is 1. The van der Waals surface area contributed by atoms with Crippen molar-refractivity contribution in [2.75, 3.05) is 4.90 Å². The van der Waals surface area contributed by atoms with Crippen LogP contribution in [0, 0.1) is 6.92 Å². The lowest BCUT2D eigenvalue weighted by Crippen LogP contribution is -2.29. The monoisotopic (exact) mass is 409 g/mol. The lowest BCUT2D eigenvalue weighted by Gasteiger charge is -2.24. The second kappa shape index (κ2) is 7.25. The quantitative estimate of drug-likeness (QED) is 0.296. The first-order valence-electron chi connectivity index (χ1n) is 9.91. The number of pyridine rings is 1. The molecule has 1 fully saturated rings. The van der Waals surface area contributed by atoms with E-state index in [0.717, 1.165) is 16.5 Å². The van der Waals surface area contributed by atoms with E-state index in [0.29, 0.717) is 16.9 Å². The van der Waals surface area contributed by atoms with Crippen LogP contribution in [-0.2, 0) is 9.59 Å². The number of rotatable bonds is 3. The number of ketones is 1. The standard InChI is InChI=1S/C25H19N3O3/c1-15-9-11-16(12-10-15)28-22(20-8-4-5-13-26-20)21(24(30)25(28)31)23(29)18-14-27-19-7-3-2-6-17(18)19/h2-14,22,27,29H,1H3/b23-21-. The highest BCUT2D eigenvalue weighted by molar-refractivity contribution is 6.51. The Morgan fingerprint density at radius 1 is 1.00 bits per heavy atom. The molecule has 0 bridgehead atoms. The fourth-order valence-corrected chi connectivity index (χ4v) is 4.03. The van der Waals surface area contributed by atoms with Crippen molar-refractivity contribution < 1.29 is 14.7 Å². The van der Waals surface area contributed by atoms with Gasteiger partial charge in [-0.3, -0.25) is 19.5 Å². The minimum Gasteiger partial charge on any atom is -0.507 e. The third-order valence-corrected chi connectivity index (χ3v) is 5.57. The summed E-state index contributed by atoms with van der Waals surface area (Å²) in [4.78, 5) is 35.2. The number of H-pyrrole nitrogens is 1. The molecule has 1 amide bonds. The first-order valence-corrected chi connectivity index (χ1v) is 9.91. The maximum atomic E-state index is 13.2. The SMILES string of the molecule is Cc1ccc(N2C(=O)C(=O)/C(=C(\O)c3c[nH]c4ccccc34)C2c2ccccn2)cc1. The molecule has 1 atom stereocenters. The van der Waals surface area contributed by atoms with Crippen LogP contribution in [0.15, 0.2) is 84.7 Å². The summed E-state index contributed by atoms with van der Waals surface area (Å²) in [5.41, 5.74) is 3.43. The number of fused-ring (bicyclic) bond motifs is 1. The van der Waals surface area contributed by atoms with Crippen molar-refractivity contribution in [1.29, 1.82) is 0 Å². The highest BCUT2D eigenvalue weighted by atomic mass is 16.3. The lowest BCUT2D eigenvalue weighted by atomic mass is 9.98. The molecular formula is C25H19N3O3. The first kappa shape index (κ1) is 18.8. The van der Waals surface area contributed by atoms with Crippen LogP contribution in [0.3, 0.4) is 0 Å². The smallest absolute Gasteiger partial charge is 0.300 e. The number of anilines is 1. The lowest BCUT2D eigenvalue weighted by molar-refractivity contribution is -0.132. The molecule has 2 aromatic carbocycles. The molecule has 0 radical (unpaired) electrons. The first-order chi connectivity index (χ1) is 15.1. The number of para-hydroxylation sites is 1. The van der Waals surface area contributed by atoms with Gasteiger partial charge in [0.15, 0.2) is 0 Å². The van der Waals surface area contributed by atoms with Gasteiger partial charge in [0, 0.05) is 34.5 Å². The van der Waals surface area contributed by atoms with E-state index in [1.165, 1.54) is 4.90 Å². The van der Waals surface area contributed by atoms with E-state index in [2.05, 4.69) is 9.97 Å². The summed E-state index contributed by atoms with van der Waals surface area (Å²) < 4.78 is 0. The molecule has 0 saturated carbocycles. The number of aliphatic hydroxyl groups is 1. The van der Waals surface area contributed by atoms with Crippen molar-refractivity contribution in [3.8, 4) is 0 Å². The van der Waals surface area contributed by atoms with E-state index < -0.39 is 17.7 Å². The molecule has 1 saturated heterocycles. The number of nitrogens with one attached hydrogen (secondary N) is 1. The van der Waals surface area contributed by atoms with Gasteiger partial charge in [-0.2, -0.15) is 0 Å². The number of hydrogen-bond donors (Lipinski definition) is 2. The molecule has 1 unspecified atom stereocenters. The van der Waals surface area contributed by atoms with Crippen LogP contribution in [0.5, 0.6) is 0 Å². The van der Waals surface area contributed by atoms with Gasteiger partial charge in [0.2, 0.25) is 0 Å². The molecule has 6 heteroatoms. The van der Waals surface area contributed by atoms with Gasteiger partial charge in [0.05, 0.1) is 11.3 Å². The Balaban J connectivity index is 1.75. The number of aliphatic hydroxyl groups excluding tert-OH is 1. The molecule has 5 rings (SSSR count). The minimum absolute atomic E-state index is 0.0222. The number of nitrogens with zero attached hydrogens (tertiary/aromatic N) is 2. The average molecular weight is 409 g/mol. The van der Waals surface area contributed by atoms with E-state index >= 15 is 0 Å². The summed E-state index contributed by atoms with van der Waals surface area (Å²) in [5.74, 6) is -1.65. The van der Waals surface area contributed by atoms with Crippen molar-refractivity contribution in [2.24, 2.45) is 0 Å². The fraction of sp³-hybridized carbons (Fsp3) is 0.0800. The molecule has 31 heavy (non-hydrogen) atoms. The number of hydrogen-bond acceptors (Lipinski definition) is 4. The summed E-state index contributed by atoms with van der Waals surface area (Å²) >= 11 is 0. The number of aromatic nitrogens is 2. The van der Waals surface area contributed by atoms with Crippen LogP contribution >= 0.6 is 0 Å². The second-order valence-corrected chi connectivity index (χ2v) is 7.51. The summed E-state index contributed by atoms with van der Waals surface area (Å²) in [6.07, 6.45) is 3.26. The average Bonchev–Trinajstić information content (AvgIpc) is 3.34. The van der Waals surface area contributed by atoms with Gasteiger partial charge < -0.3 is 10.1 Å². The van der Waals surface area contributed by atoms with Gasteiger partial charge in [-0.05, 0) is 37.3 Å². The zero-order chi connectivity index (χ0) is 21.5. The zero-order valence-corrected chi connectivity index (χ0v) is 16.7. The van der Waals surface area contributed by atoms with Gasteiger partial charge in [0.1, 0.15) is 11.8 Å². The van der Waals surface area contributed by atoms with Crippen molar-refractivity contribution in [1.82, 2.24) is 9.97 Å². The number of aromatic amines is 1. The molecule has 0 spiro atoms. The van der Waals surface area contributed by atoms with Crippen LogP contribution in [0.2, 0.25) is 0 Å². The molecule has 4 aromatic rings. The number of benzene rings is 2. The zero-order valence-electron chi connectivity index (χ0n) is 16.7. The Labute approximate surface area is 178 Å². The second-order valence-electron chi connectivity index (χ2n) is 7.51. The van der Waals surface area contributed by atoms with Gasteiger partial charge in [-0.1, -0.05) is 42.0 Å². The van der Waals surface area contributed by atoms with Gasteiger partial charge in [-0.25, -0.2) is 0 Å².